The van der Waals surface area contributed by atoms with Crippen LogP contribution in [0.2, 0.25) is 0 Å². The minimum absolute atomic E-state index is 0.320. The first-order chi connectivity index (χ1) is 14.3. The fraction of sp³-hybridized carbons (Fsp3) is 0.571. The number of hydrogen-bond acceptors (Lipinski definition) is 8. The molecule has 1 aliphatic carbocycles. The number of fused-ring (bicyclic) bond motifs is 1. The summed E-state index contributed by atoms with van der Waals surface area (Å²) in [6.45, 7) is 4.97. The number of nitrogens with one attached hydrogen (secondary N) is 1. The SMILES string of the molecule is c1cc2c(cc1CN1CCN(c3nncc(NC4CCCCC4)n3)CC1)OCO2. The zero-order chi connectivity index (χ0) is 19.5. The second-order valence-electron chi connectivity index (χ2n) is 8.07. The molecule has 0 bridgehead atoms. The van der Waals surface area contributed by atoms with Gasteiger partial charge in [-0.15, -0.1) is 5.10 Å². The number of aromatic nitrogens is 3. The van der Waals surface area contributed by atoms with Gasteiger partial charge in [0.05, 0.1) is 6.20 Å². The third kappa shape index (κ3) is 4.37. The number of rotatable bonds is 5. The average Bonchev–Trinajstić information content (AvgIpc) is 3.23. The molecule has 0 radical (unpaired) electrons. The van der Waals surface area contributed by atoms with Crippen LogP contribution in [0.4, 0.5) is 11.8 Å². The summed E-state index contributed by atoms with van der Waals surface area (Å²) in [7, 11) is 0. The van der Waals surface area contributed by atoms with Gasteiger partial charge in [0.15, 0.2) is 17.3 Å². The van der Waals surface area contributed by atoms with E-state index in [1.54, 1.807) is 6.20 Å². The van der Waals surface area contributed by atoms with Crippen molar-refractivity contribution in [1.29, 1.82) is 0 Å². The second kappa shape index (κ2) is 8.41. The van der Waals surface area contributed by atoms with Crippen LogP contribution in [0.5, 0.6) is 11.5 Å². The first-order valence-electron chi connectivity index (χ1n) is 10.7. The van der Waals surface area contributed by atoms with Gasteiger partial charge in [0, 0.05) is 38.8 Å². The van der Waals surface area contributed by atoms with Gasteiger partial charge in [-0.25, -0.2) is 0 Å². The Hall–Kier alpha value is -2.61. The van der Waals surface area contributed by atoms with Crippen molar-refractivity contribution >= 4 is 11.8 Å². The zero-order valence-corrected chi connectivity index (χ0v) is 16.7. The van der Waals surface area contributed by atoms with Gasteiger partial charge in [0.25, 0.3) is 0 Å². The van der Waals surface area contributed by atoms with Gasteiger partial charge in [0.2, 0.25) is 12.7 Å². The number of benzene rings is 1. The van der Waals surface area contributed by atoms with Crippen LogP contribution in [-0.2, 0) is 6.54 Å². The number of anilines is 2. The monoisotopic (exact) mass is 396 g/mol. The van der Waals surface area contributed by atoms with Gasteiger partial charge in [-0.05, 0) is 30.5 Å². The smallest absolute Gasteiger partial charge is 0.247 e. The second-order valence-corrected chi connectivity index (χ2v) is 8.07. The maximum absolute atomic E-state index is 5.49. The minimum Gasteiger partial charge on any atom is -0.454 e. The average molecular weight is 396 g/mol. The molecular weight excluding hydrogens is 368 g/mol. The standard InChI is InChI=1S/C21H28N6O2/c1-2-4-17(5-3-1)23-20-13-22-25-21(24-20)27-10-8-26(9-11-27)14-16-6-7-18-19(12-16)29-15-28-18/h6-7,12-13,17H,1-5,8-11,14-15H2,(H,23,24,25). The summed E-state index contributed by atoms with van der Waals surface area (Å²) in [5, 5.41) is 12.0. The lowest BCUT2D eigenvalue weighted by atomic mass is 9.96. The summed E-state index contributed by atoms with van der Waals surface area (Å²) in [4.78, 5) is 9.41. The molecule has 3 aliphatic rings. The van der Waals surface area contributed by atoms with Crippen LogP contribution >= 0.6 is 0 Å². The van der Waals surface area contributed by atoms with Crippen molar-refractivity contribution in [2.75, 3.05) is 43.2 Å². The summed E-state index contributed by atoms with van der Waals surface area (Å²) in [5.41, 5.74) is 1.25. The van der Waals surface area contributed by atoms with Crippen molar-refractivity contribution in [2.45, 2.75) is 44.7 Å². The Bertz CT molecular complexity index is 834. The predicted molar refractivity (Wildman–Crippen MR) is 110 cm³/mol. The molecule has 8 nitrogen and oxygen atoms in total. The Labute approximate surface area is 171 Å². The Morgan fingerprint density at radius 3 is 2.69 bits per heavy atom. The minimum atomic E-state index is 0.320. The fourth-order valence-electron chi connectivity index (χ4n) is 4.36. The summed E-state index contributed by atoms with van der Waals surface area (Å²) >= 11 is 0. The van der Waals surface area contributed by atoms with Gasteiger partial charge >= 0.3 is 0 Å². The van der Waals surface area contributed by atoms with E-state index in [2.05, 4.69) is 37.4 Å². The Kier molecular flexibility index (Phi) is 5.34. The third-order valence-electron chi connectivity index (χ3n) is 6.00. The van der Waals surface area contributed by atoms with E-state index in [-0.39, 0.29) is 0 Å². The summed E-state index contributed by atoms with van der Waals surface area (Å²) in [6, 6.07) is 6.72. The topological polar surface area (TPSA) is 75.6 Å². The van der Waals surface area contributed by atoms with Gasteiger partial charge < -0.3 is 19.7 Å². The van der Waals surface area contributed by atoms with Gasteiger partial charge in [-0.3, -0.25) is 4.90 Å². The third-order valence-corrected chi connectivity index (χ3v) is 6.00. The highest BCUT2D eigenvalue weighted by molar-refractivity contribution is 5.44. The van der Waals surface area contributed by atoms with Crippen LogP contribution in [-0.4, -0.2) is 59.1 Å². The molecule has 1 N–H and O–H groups in total. The summed E-state index contributed by atoms with van der Waals surface area (Å²) in [5.74, 6) is 3.27. The van der Waals surface area contributed by atoms with Crippen molar-refractivity contribution < 1.29 is 9.47 Å². The molecule has 1 aromatic heterocycles. The highest BCUT2D eigenvalue weighted by Crippen LogP contribution is 2.33. The molecule has 0 spiro atoms. The predicted octanol–water partition coefficient (Wildman–Crippen LogP) is 2.67. The van der Waals surface area contributed by atoms with Crippen LogP contribution in [0.25, 0.3) is 0 Å². The van der Waals surface area contributed by atoms with Crippen LogP contribution in [0, 0.1) is 0 Å². The highest BCUT2D eigenvalue weighted by Gasteiger charge is 2.21. The lowest BCUT2D eigenvalue weighted by Crippen LogP contribution is -2.46. The van der Waals surface area contributed by atoms with Crippen LogP contribution in [0.15, 0.2) is 24.4 Å². The molecular formula is C21H28N6O2. The quantitative estimate of drug-likeness (QED) is 0.827. The van der Waals surface area contributed by atoms with E-state index >= 15 is 0 Å². The Morgan fingerprint density at radius 1 is 1.00 bits per heavy atom. The molecule has 29 heavy (non-hydrogen) atoms. The molecule has 5 rings (SSSR count). The molecule has 3 heterocycles. The van der Waals surface area contributed by atoms with E-state index in [9.17, 15) is 0 Å². The molecule has 0 amide bonds. The maximum atomic E-state index is 5.49. The van der Waals surface area contributed by atoms with Crippen LogP contribution in [0.3, 0.4) is 0 Å². The molecule has 2 aliphatic heterocycles. The Balaban J connectivity index is 1.16. The summed E-state index contributed by atoms with van der Waals surface area (Å²) < 4.78 is 10.9. The molecule has 2 aromatic rings. The van der Waals surface area contributed by atoms with Crippen molar-refractivity contribution in [2.24, 2.45) is 0 Å². The summed E-state index contributed by atoms with van der Waals surface area (Å²) in [6.07, 6.45) is 8.13. The molecule has 1 saturated heterocycles. The van der Waals surface area contributed by atoms with Gasteiger partial charge in [-0.2, -0.15) is 10.1 Å². The lowest BCUT2D eigenvalue weighted by Gasteiger charge is -2.34. The van der Waals surface area contributed by atoms with E-state index in [1.807, 2.05) is 6.07 Å². The van der Waals surface area contributed by atoms with E-state index in [0.717, 1.165) is 56.0 Å². The zero-order valence-electron chi connectivity index (χ0n) is 16.7. The molecule has 0 atom stereocenters. The lowest BCUT2D eigenvalue weighted by molar-refractivity contribution is 0.174. The molecule has 154 valence electrons. The number of ether oxygens (including phenoxy) is 2. The molecule has 1 aromatic carbocycles. The first-order valence-corrected chi connectivity index (χ1v) is 10.7. The van der Waals surface area contributed by atoms with Gasteiger partial charge in [-0.1, -0.05) is 25.3 Å². The van der Waals surface area contributed by atoms with E-state index in [4.69, 9.17) is 14.5 Å². The largest absolute Gasteiger partial charge is 0.454 e. The highest BCUT2D eigenvalue weighted by atomic mass is 16.7. The van der Waals surface area contributed by atoms with Crippen molar-refractivity contribution in [1.82, 2.24) is 20.1 Å². The molecule has 0 unspecified atom stereocenters. The van der Waals surface area contributed by atoms with Crippen LogP contribution < -0.4 is 19.7 Å². The molecule has 8 heteroatoms. The van der Waals surface area contributed by atoms with E-state index in [0.29, 0.717) is 12.8 Å². The maximum Gasteiger partial charge on any atom is 0.247 e. The van der Waals surface area contributed by atoms with Crippen molar-refractivity contribution in [3.8, 4) is 11.5 Å². The molecule has 1 saturated carbocycles. The van der Waals surface area contributed by atoms with Crippen LogP contribution in [0.1, 0.15) is 37.7 Å². The number of hydrogen-bond donors (Lipinski definition) is 1. The Morgan fingerprint density at radius 2 is 1.83 bits per heavy atom. The number of nitrogens with zero attached hydrogens (tertiary/aromatic N) is 5. The number of piperazine rings is 1. The van der Waals surface area contributed by atoms with Crippen molar-refractivity contribution in [3.63, 3.8) is 0 Å². The fourth-order valence-corrected chi connectivity index (χ4v) is 4.36. The van der Waals surface area contributed by atoms with Crippen molar-refractivity contribution in [3.05, 3.63) is 30.0 Å². The van der Waals surface area contributed by atoms with E-state index in [1.165, 1.54) is 37.7 Å². The van der Waals surface area contributed by atoms with E-state index < -0.39 is 0 Å². The normalized spacial score (nSPS) is 20.1. The first kappa shape index (κ1) is 18.4. The molecule has 2 fully saturated rings. The van der Waals surface area contributed by atoms with Gasteiger partial charge in [0.1, 0.15) is 0 Å².